The number of nitrogens with zero attached hydrogens (tertiary/aromatic N) is 1. The van der Waals surface area contributed by atoms with Crippen molar-refractivity contribution < 1.29 is 14.3 Å². The molecule has 1 fully saturated rings. The van der Waals surface area contributed by atoms with Crippen molar-refractivity contribution in [1.29, 1.82) is 0 Å². The van der Waals surface area contributed by atoms with Gasteiger partial charge in [0.15, 0.2) is 0 Å². The number of esters is 1. The second-order valence-electron chi connectivity index (χ2n) is 5.47. The zero-order valence-corrected chi connectivity index (χ0v) is 12.2. The number of amides is 1. The SMILES string of the molecule is CCOC(=O)C[C@H]1NC[C@@H]2c3ccccc3CCN2C1=O. The van der Waals surface area contributed by atoms with E-state index in [2.05, 4.69) is 17.4 Å². The van der Waals surface area contributed by atoms with E-state index in [0.717, 1.165) is 13.0 Å². The van der Waals surface area contributed by atoms with E-state index in [-0.39, 0.29) is 24.3 Å². The lowest BCUT2D eigenvalue weighted by Gasteiger charge is -2.43. The number of ether oxygens (including phenoxy) is 1. The van der Waals surface area contributed by atoms with Gasteiger partial charge in [-0.15, -0.1) is 0 Å². The molecule has 2 heterocycles. The highest BCUT2D eigenvalue weighted by Crippen LogP contribution is 2.32. The lowest BCUT2D eigenvalue weighted by molar-refractivity contribution is -0.149. The van der Waals surface area contributed by atoms with Crippen molar-refractivity contribution in [2.24, 2.45) is 0 Å². The molecule has 0 bridgehead atoms. The quantitative estimate of drug-likeness (QED) is 0.844. The molecule has 0 spiro atoms. The minimum atomic E-state index is -0.453. The van der Waals surface area contributed by atoms with Gasteiger partial charge < -0.3 is 15.0 Å². The third-order valence-corrected chi connectivity index (χ3v) is 4.23. The van der Waals surface area contributed by atoms with Crippen LogP contribution in [0.1, 0.15) is 30.5 Å². The Hall–Kier alpha value is -1.88. The van der Waals surface area contributed by atoms with E-state index in [1.807, 2.05) is 17.0 Å². The van der Waals surface area contributed by atoms with E-state index in [9.17, 15) is 9.59 Å². The summed E-state index contributed by atoms with van der Waals surface area (Å²) in [5.74, 6) is -0.312. The van der Waals surface area contributed by atoms with Crippen LogP contribution in [0.5, 0.6) is 0 Å². The summed E-state index contributed by atoms with van der Waals surface area (Å²) >= 11 is 0. The molecule has 0 unspecified atom stereocenters. The normalized spacial score (nSPS) is 24.2. The van der Waals surface area contributed by atoms with Crippen LogP contribution >= 0.6 is 0 Å². The van der Waals surface area contributed by atoms with Crippen LogP contribution in [0.3, 0.4) is 0 Å². The van der Waals surface area contributed by atoms with Gasteiger partial charge in [-0.2, -0.15) is 0 Å². The van der Waals surface area contributed by atoms with Crippen molar-refractivity contribution in [3.63, 3.8) is 0 Å². The number of fused-ring (bicyclic) bond motifs is 3. The summed E-state index contributed by atoms with van der Waals surface area (Å²) in [6.07, 6.45) is 0.988. The van der Waals surface area contributed by atoms with Gasteiger partial charge in [0.2, 0.25) is 5.91 Å². The molecule has 0 saturated carbocycles. The maximum atomic E-state index is 12.6. The summed E-state index contributed by atoms with van der Waals surface area (Å²) < 4.78 is 4.94. The van der Waals surface area contributed by atoms with Crippen LogP contribution < -0.4 is 5.32 Å². The van der Waals surface area contributed by atoms with Crippen LogP contribution in [0.2, 0.25) is 0 Å². The molecular formula is C16H20N2O3. The van der Waals surface area contributed by atoms with Gasteiger partial charge in [0, 0.05) is 13.1 Å². The number of carbonyl (C=O) groups excluding carboxylic acids is 2. The first-order valence-corrected chi connectivity index (χ1v) is 7.48. The van der Waals surface area contributed by atoms with E-state index >= 15 is 0 Å². The van der Waals surface area contributed by atoms with E-state index in [1.54, 1.807) is 6.92 Å². The van der Waals surface area contributed by atoms with Gasteiger partial charge in [-0.1, -0.05) is 24.3 Å². The number of benzene rings is 1. The van der Waals surface area contributed by atoms with E-state index in [0.29, 0.717) is 13.2 Å². The fourth-order valence-electron chi connectivity index (χ4n) is 3.22. The van der Waals surface area contributed by atoms with Gasteiger partial charge in [0.1, 0.15) is 0 Å². The number of nitrogens with one attached hydrogen (secondary N) is 1. The summed E-state index contributed by atoms with van der Waals surface area (Å²) in [7, 11) is 0. The smallest absolute Gasteiger partial charge is 0.307 e. The summed E-state index contributed by atoms with van der Waals surface area (Å²) in [6, 6.07) is 7.90. The number of rotatable bonds is 3. The first kappa shape index (κ1) is 14.1. The van der Waals surface area contributed by atoms with Crippen LogP contribution in [0, 0.1) is 0 Å². The van der Waals surface area contributed by atoms with Crippen molar-refractivity contribution >= 4 is 11.9 Å². The lowest BCUT2D eigenvalue weighted by Crippen LogP contribution is -2.58. The van der Waals surface area contributed by atoms with Crippen molar-refractivity contribution in [3.8, 4) is 0 Å². The number of hydrogen-bond donors (Lipinski definition) is 1. The van der Waals surface area contributed by atoms with Gasteiger partial charge in [-0.3, -0.25) is 9.59 Å². The van der Waals surface area contributed by atoms with Crippen molar-refractivity contribution in [2.45, 2.75) is 31.8 Å². The highest BCUT2D eigenvalue weighted by molar-refractivity contribution is 5.88. The fraction of sp³-hybridized carbons (Fsp3) is 0.500. The molecular weight excluding hydrogens is 268 g/mol. The number of hydrogen-bond acceptors (Lipinski definition) is 4. The Labute approximate surface area is 124 Å². The van der Waals surface area contributed by atoms with Gasteiger partial charge in [0.25, 0.3) is 0 Å². The van der Waals surface area contributed by atoms with Crippen LogP contribution in [0.4, 0.5) is 0 Å². The van der Waals surface area contributed by atoms with Gasteiger partial charge in [-0.05, 0) is 24.5 Å². The van der Waals surface area contributed by atoms with Gasteiger partial charge in [-0.25, -0.2) is 0 Å². The molecule has 2 atom stereocenters. The molecule has 3 rings (SSSR count). The summed E-state index contributed by atoms with van der Waals surface area (Å²) in [5.41, 5.74) is 2.54. The highest BCUT2D eigenvalue weighted by Gasteiger charge is 2.39. The minimum Gasteiger partial charge on any atom is -0.466 e. The van der Waals surface area contributed by atoms with E-state index in [4.69, 9.17) is 4.74 Å². The molecule has 5 nitrogen and oxygen atoms in total. The molecule has 21 heavy (non-hydrogen) atoms. The Bertz CT molecular complexity index is 558. The molecule has 0 radical (unpaired) electrons. The highest BCUT2D eigenvalue weighted by atomic mass is 16.5. The molecule has 1 saturated heterocycles. The minimum absolute atomic E-state index is 0.00815. The molecule has 112 valence electrons. The zero-order chi connectivity index (χ0) is 14.8. The summed E-state index contributed by atoms with van der Waals surface area (Å²) in [5, 5.41) is 3.21. The van der Waals surface area contributed by atoms with Gasteiger partial charge >= 0.3 is 5.97 Å². The standard InChI is InChI=1S/C16H20N2O3/c1-2-21-15(19)9-13-16(20)18-8-7-11-5-3-4-6-12(11)14(18)10-17-13/h3-6,13-14,17H,2,7-10H2,1H3/t13-,14-/m1/s1. The average Bonchev–Trinajstić information content (AvgIpc) is 2.50. The number of piperazine rings is 1. The largest absolute Gasteiger partial charge is 0.466 e. The summed E-state index contributed by atoms with van der Waals surface area (Å²) in [4.78, 5) is 26.1. The van der Waals surface area contributed by atoms with Crippen molar-refractivity contribution in [1.82, 2.24) is 10.2 Å². The van der Waals surface area contributed by atoms with Crippen LogP contribution in [-0.2, 0) is 20.7 Å². The molecule has 0 aromatic heterocycles. The summed E-state index contributed by atoms with van der Waals surface area (Å²) in [6.45, 7) is 3.53. The third kappa shape index (κ3) is 2.65. The Balaban J connectivity index is 1.74. The fourth-order valence-corrected chi connectivity index (χ4v) is 3.22. The van der Waals surface area contributed by atoms with Crippen molar-refractivity contribution in [3.05, 3.63) is 35.4 Å². The Morgan fingerprint density at radius 3 is 3.05 bits per heavy atom. The molecule has 0 aliphatic carbocycles. The van der Waals surface area contributed by atoms with Crippen LogP contribution in [0.15, 0.2) is 24.3 Å². The molecule has 2 aliphatic heterocycles. The van der Waals surface area contributed by atoms with E-state index < -0.39 is 6.04 Å². The number of carbonyl (C=O) groups is 2. The average molecular weight is 288 g/mol. The predicted octanol–water partition coefficient (Wildman–Crippen LogP) is 1.04. The Morgan fingerprint density at radius 1 is 1.43 bits per heavy atom. The zero-order valence-electron chi connectivity index (χ0n) is 12.2. The van der Waals surface area contributed by atoms with Crippen LogP contribution in [0.25, 0.3) is 0 Å². The molecule has 1 aromatic rings. The maximum absolute atomic E-state index is 12.6. The second-order valence-corrected chi connectivity index (χ2v) is 5.47. The maximum Gasteiger partial charge on any atom is 0.307 e. The molecule has 1 amide bonds. The second kappa shape index (κ2) is 5.85. The Kier molecular flexibility index (Phi) is 3.92. The molecule has 1 aromatic carbocycles. The van der Waals surface area contributed by atoms with Crippen molar-refractivity contribution in [2.75, 3.05) is 19.7 Å². The lowest BCUT2D eigenvalue weighted by atomic mass is 9.90. The topological polar surface area (TPSA) is 58.6 Å². The molecule has 2 aliphatic rings. The predicted molar refractivity (Wildman–Crippen MR) is 77.6 cm³/mol. The monoisotopic (exact) mass is 288 g/mol. The van der Waals surface area contributed by atoms with E-state index in [1.165, 1.54) is 11.1 Å². The van der Waals surface area contributed by atoms with Crippen LogP contribution in [-0.4, -0.2) is 42.5 Å². The van der Waals surface area contributed by atoms with Gasteiger partial charge in [0.05, 0.1) is 25.1 Å². The third-order valence-electron chi connectivity index (χ3n) is 4.23. The Morgan fingerprint density at radius 2 is 2.24 bits per heavy atom. The first-order valence-electron chi connectivity index (χ1n) is 7.48. The molecule has 5 heteroatoms. The molecule has 1 N–H and O–H groups in total. The first-order chi connectivity index (χ1) is 10.2.